The van der Waals surface area contributed by atoms with Gasteiger partial charge in [0, 0.05) is 61.6 Å². The molecule has 45 heavy (non-hydrogen) atoms. The number of carbonyl (C=O) groups is 1. The summed E-state index contributed by atoms with van der Waals surface area (Å²) in [6.45, 7) is 7.59. The molecular formula is C35H44F3N5O2. The van der Waals surface area contributed by atoms with Gasteiger partial charge in [-0.1, -0.05) is 36.8 Å². The van der Waals surface area contributed by atoms with Crippen molar-refractivity contribution >= 4 is 11.8 Å². The molecule has 3 aliphatic rings. The molecule has 3 aromatic rings. The Kier molecular flexibility index (Phi) is 9.13. The Morgan fingerprint density at radius 3 is 2.31 bits per heavy atom. The highest BCUT2D eigenvalue weighted by molar-refractivity contribution is 5.67. The van der Waals surface area contributed by atoms with Crippen molar-refractivity contribution in [2.45, 2.75) is 63.2 Å². The Balaban J connectivity index is 1.18. The summed E-state index contributed by atoms with van der Waals surface area (Å²) < 4.78 is 46.3. The number of carbonyl (C=O) groups excluding carboxylic acids is 1. The number of halogens is 3. The van der Waals surface area contributed by atoms with E-state index in [2.05, 4.69) is 68.1 Å². The van der Waals surface area contributed by atoms with Crippen LogP contribution in [0.3, 0.4) is 0 Å². The van der Waals surface area contributed by atoms with Crippen molar-refractivity contribution in [2.75, 3.05) is 44.7 Å². The molecule has 1 aliphatic carbocycles. The van der Waals surface area contributed by atoms with Gasteiger partial charge >= 0.3 is 12.3 Å². The zero-order valence-corrected chi connectivity index (χ0v) is 26.2. The molecule has 1 aromatic heterocycles. The van der Waals surface area contributed by atoms with Crippen molar-refractivity contribution in [3.8, 4) is 0 Å². The molecule has 1 N–H and O–H groups in total. The van der Waals surface area contributed by atoms with Crippen LogP contribution in [0.15, 0.2) is 67.0 Å². The van der Waals surface area contributed by atoms with Gasteiger partial charge < -0.3 is 24.4 Å². The van der Waals surface area contributed by atoms with Crippen LogP contribution in [0.4, 0.5) is 23.7 Å². The number of aryl methyl sites for hydroxylation is 1. The molecule has 3 fully saturated rings. The van der Waals surface area contributed by atoms with E-state index >= 15 is 0 Å². The van der Waals surface area contributed by atoms with E-state index in [0.717, 1.165) is 82.9 Å². The van der Waals surface area contributed by atoms with E-state index in [4.69, 9.17) is 4.74 Å². The summed E-state index contributed by atoms with van der Waals surface area (Å²) in [6.07, 6.45) is 4.43. The fourth-order valence-corrected chi connectivity index (χ4v) is 8.40. The fourth-order valence-electron chi connectivity index (χ4n) is 8.40. The van der Waals surface area contributed by atoms with Crippen molar-refractivity contribution in [3.05, 3.63) is 83.9 Å². The zero-order valence-electron chi connectivity index (χ0n) is 26.2. The summed E-state index contributed by atoms with van der Waals surface area (Å²) in [6, 6.07) is 16.4. The number of amides is 1. The molecule has 7 nitrogen and oxygen atoms in total. The molecule has 2 aliphatic heterocycles. The fraction of sp³-hybridized carbons (Fsp3) is 0.543. The predicted octanol–water partition coefficient (Wildman–Crippen LogP) is 6.52. The van der Waals surface area contributed by atoms with E-state index in [1.807, 2.05) is 6.20 Å². The van der Waals surface area contributed by atoms with Gasteiger partial charge in [-0.05, 0) is 87.4 Å². The average Bonchev–Trinajstić information content (AvgIpc) is 3.66. The van der Waals surface area contributed by atoms with Crippen LogP contribution < -0.4 is 10.2 Å². The summed E-state index contributed by atoms with van der Waals surface area (Å²) in [7, 11) is 1.43. The number of likely N-dealkylation sites (tertiary alicyclic amines) is 1. The first-order chi connectivity index (χ1) is 21.7. The first kappa shape index (κ1) is 31.5. The van der Waals surface area contributed by atoms with Gasteiger partial charge in [0.2, 0.25) is 0 Å². The van der Waals surface area contributed by atoms with Gasteiger partial charge in [0.05, 0.1) is 12.7 Å². The highest BCUT2D eigenvalue weighted by atomic mass is 19.4. The number of aromatic nitrogens is 2. The van der Waals surface area contributed by atoms with Gasteiger partial charge in [-0.3, -0.25) is 0 Å². The Morgan fingerprint density at radius 1 is 0.978 bits per heavy atom. The van der Waals surface area contributed by atoms with Gasteiger partial charge in [0.15, 0.2) is 0 Å². The highest BCUT2D eigenvalue weighted by Crippen LogP contribution is 2.51. The number of hydrogen-bond donors (Lipinski definition) is 1. The number of piperidine rings is 1. The lowest BCUT2D eigenvalue weighted by molar-refractivity contribution is -0.137. The molecule has 2 aromatic carbocycles. The minimum absolute atomic E-state index is 0.0330. The maximum Gasteiger partial charge on any atom is 0.416 e. The first-order valence-corrected chi connectivity index (χ1v) is 16.2. The summed E-state index contributed by atoms with van der Waals surface area (Å²) in [5.74, 6) is 2.15. The second kappa shape index (κ2) is 13.1. The second-order valence-electron chi connectivity index (χ2n) is 13.2. The molecule has 1 amide bonds. The molecule has 6 rings (SSSR count). The van der Waals surface area contributed by atoms with Crippen LogP contribution >= 0.6 is 0 Å². The Hall–Kier alpha value is -3.53. The number of alkyl carbamates (subject to hydrolysis) is 1. The van der Waals surface area contributed by atoms with Gasteiger partial charge in [-0.25, -0.2) is 9.78 Å². The van der Waals surface area contributed by atoms with Crippen molar-refractivity contribution in [1.29, 1.82) is 0 Å². The number of ether oxygens (including phenoxy) is 1. The third-order valence-corrected chi connectivity index (χ3v) is 10.7. The van der Waals surface area contributed by atoms with E-state index < -0.39 is 11.7 Å². The quantitative estimate of drug-likeness (QED) is 0.294. The minimum atomic E-state index is -4.31. The minimum Gasteiger partial charge on any atom is -0.453 e. The van der Waals surface area contributed by atoms with Crippen LogP contribution in [0.5, 0.6) is 0 Å². The molecule has 242 valence electrons. The zero-order chi connectivity index (χ0) is 31.6. The van der Waals surface area contributed by atoms with Crippen LogP contribution in [-0.2, 0) is 22.9 Å². The molecule has 0 spiro atoms. The summed E-state index contributed by atoms with van der Waals surface area (Å²) in [4.78, 5) is 21.8. The molecule has 2 saturated heterocycles. The van der Waals surface area contributed by atoms with Crippen LogP contribution in [0, 0.1) is 24.7 Å². The standard InChI is InChI=1S/C35H44F3N5O2/c1-25-39-17-20-42(25)24-34(27-7-4-3-5-8-27,31-9-6-10-32(31)40-33(44)45-2)28-15-18-41(19-16-28)21-26-22-43(23-26)30-13-11-29(12-14-30)35(36,37)38/h3-5,7-8,11-14,17,20,26,28,31-32H,6,9-10,15-16,18-19,21-24H2,1-2H3,(H,40,44)/t31-,32-,34+/m0/s1. The number of methoxy groups -OCH3 is 1. The Bertz CT molecular complexity index is 1420. The largest absolute Gasteiger partial charge is 0.453 e. The normalized spacial score (nSPS) is 23.0. The van der Waals surface area contributed by atoms with Crippen LogP contribution in [0.1, 0.15) is 49.1 Å². The number of anilines is 1. The van der Waals surface area contributed by atoms with Gasteiger partial charge in [-0.15, -0.1) is 0 Å². The number of imidazole rings is 1. The lowest BCUT2D eigenvalue weighted by Crippen LogP contribution is -2.56. The molecule has 3 heterocycles. The predicted molar refractivity (Wildman–Crippen MR) is 168 cm³/mol. The summed E-state index contributed by atoms with van der Waals surface area (Å²) >= 11 is 0. The second-order valence-corrected chi connectivity index (χ2v) is 13.2. The van der Waals surface area contributed by atoms with Crippen molar-refractivity contribution in [3.63, 3.8) is 0 Å². The Labute approximate surface area is 263 Å². The number of hydrogen-bond acceptors (Lipinski definition) is 5. The van der Waals surface area contributed by atoms with Crippen molar-refractivity contribution in [1.82, 2.24) is 19.8 Å². The number of alkyl halides is 3. The van der Waals surface area contributed by atoms with E-state index in [0.29, 0.717) is 11.8 Å². The monoisotopic (exact) mass is 623 g/mol. The Morgan fingerprint density at radius 2 is 1.69 bits per heavy atom. The first-order valence-electron chi connectivity index (χ1n) is 16.2. The highest BCUT2D eigenvalue weighted by Gasteiger charge is 2.52. The molecule has 0 bridgehead atoms. The average molecular weight is 624 g/mol. The van der Waals surface area contributed by atoms with Crippen LogP contribution in [-0.4, -0.2) is 66.4 Å². The van der Waals surface area contributed by atoms with Crippen molar-refractivity contribution in [2.24, 2.45) is 17.8 Å². The molecule has 0 radical (unpaired) electrons. The number of rotatable bonds is 9. The number of nitrogens with one attached hydrogen (secondary N) is 1. The third kappa shape index (κ3) is 6.57. The molecular weight excluding hydrogens is 579 g/mol. The van der Waals surface area contributed by atoms with Crippen LogP contribution in [0.25, 0.3) is 0 Å². The third-order valence-electron chi connectivity index (χ3n) is 10.7. The van der Waals surface area contributed by atoms with Gasteiger partial charge in [0.25, 0.3) is 0 Å². The lowest BCUT2D eigenvalue weighted by atomic mass is 9.58. The SMILES string of the molecule is COC(=O)N[C@H]1CCC[C@@H]1[C@](Cn1ccnc1C)(c1ccccc1)C1CCN(CC2CN(c3ccc(C(F)(F)F)cc3)C2)CC1. The molecule has 10 heteroatoms. The number of nitrogens with zero attached hydrogens (tertiary/aromatic N) is 4. The van der Waals surface area contributed by atoms with Gasteiger partial charge in [-0.2, -0.15) is 13.2 Å². The number of benzene rings is 2. The van der Waals surface area contributed by atoms with Crippen molar-refractivity contribution < 1.29 is 22.7 Å². The van der Waals surface area contributed by atoms with E-state index in [1.54, 1.807) is 12.1 Å². The van der Waals surface area contributed by atoms with Crippen LogP contribution in [0.2, 0.25) is 0 Å². The molecule has 1 saturated carbocycles. The maximum atomic E-state index is 13.0. The smallest absolute Gasteiger partial charge is 0.416 e. The van der Waals surface area contributed by atoms with E-state index in [-0.39, 0.29) is 23.5 Å². The lowest BCUT2D eigenvalue weighted by Gasteiger charge is -2.51. The molecule has 0 unspecified atom stereocenters. The topological polar surface area (TPSA) is 62.6 Å². The van der Waals surface area contributed by atoms with Gasteiger partial charge in [0.1, 0.15) is 5.82 Å². The molecule has 3 atom stereocenters. The summed E-state index contributed by atoms with van der Waals surface area (Å²) in [5, 5.41) is 3.21. The summed E-state index contributed by atoms with van der Waals surface area (Å²) in [5.41, 5.74) is 1.38. The van der Waals surface area contributed by atoms with E-state index in [9.17, 15) is 18.0 Å². The van der Waals surface area contributed by atoms with E-state index in [1.165, 1.54) is 24.8 Å². The maximum absolute atomic E-state index is 13.0.